The molecule has 7 nitrogen and oxygen atoms in total. The highest BCUT2D eigenvalue weighted by Gasteiger charge is 2.48. The summed E-state index contributed by atoms with van der Waals surface area (Å²) in [6, 6.07) is 11.9. The topological polar surface area (TPSA) is 90.9 Å². The largest absolute Gasteiger partial charge is 0.389 e. The first kappa shape index (κ1) is 29.6. The van der Waals surface area contributed by atoms with Crippen LogP contribution in [0.25, 0.3) is 0 Å². The average Bonchev–Trinajstić information content (AvgIpc) is 3.71. The molecule has 1 saturated carbocycles. The van der Waals surface area contributed by atoms with Crippen molar-refractivity contribution in [3.63, 3.8) is 0 Å². The van der Waals surface area contributed by atoms with Crippen molar-refractivity contribution in [2.75, 3.05) is 19.6 Å². The quantitative estimate of drug-likeness (QED) is 0.385. The van der Waals surface area contributed by atoms with Crippen LogP contribution >= 0.6 is 0 Å². The summed E-state index contributed by atoms with van der Waals surface area (Å²) in [4.78, 5) is 28.8. The summed E-state index contributed by atoms with van der Waals surface area (Å²) in [5.74, 6) is -2.41. The van der Waals surface area contributed by atoms with E-state index in [4.69, 9.17) is 4.74 Å². The number of carbonyl (C=O) groups is 2. The van der Waals surface area contributed by atoms with E-state index in [9.17, 15) is 23.5 Å². The van der Waals surface area contributed by atoms with E-state index >= 15 is 0 Å². The number of nitrogens with zero attached hydrogens (tertiary/aromatic N) is 1. The monoisotopic (exact) mass is 569 g/mol. The van der Waals surface area contributed by atoms with Crippen LogP contribution in [-0.2, 0) is 27.4 Å². The van der Waals surface area contributed by atoms with Gasteiger partial charge in [-0.2, -0.15) is 0 Å². The standard InChI is InChI=1S/C32H41F2N3O4/c1-2-37-18-26(29(32(37)40)22-10-6-7-11-22)31(39)36-28(14-21-12-23(33)15-24(34)13-21)30(38)27-16-25(17-35-27)41-19-20-8-4-3-5-9-20/h3-5,8-9,12-13,15,22,25-30,35,38H,2,6-7,10-11,14,16-19H2,1H3,(H,36,39). The van der Waals surface area contributed by atoms with Crippen LogP contribution < -0.4 is 10.6 Å². The van der Waals surface area contributed by atoms with Gasteiger partial charge in [-0.25, -0.2) is 8.78 Å². The fourth-order valence-electron chi connectivity index (χ4n) is 6.92. The first-order chi connectivity index (χ1) is 19.8. The Labute approximate surface area is 240 Å². The lowest BCUT2D eigenvalue weighted by Crippen LogP contribution is -2.54. The number of aliphatic hydroxyl groups is 1. The molecule has 2 heterocycles. The molecule has 41 heavy (non-hydrogen) atoms. The molecule has 3 aliphatic rings. The Kier molecular flexibility index (Phi) is 9.68. The van der Waals surface area contributed by atoms with Crippen molar-refractivity contribution in [2.45, 2.75) is 76.3 Å². The molecule has 2 amide bonds. The van der Waals surface area contributed by atoms with Crippen LogP contribution in [0, 0.1) is 29.4 Å². The molecule has 0 spiro atoms. The van der Waals surface area contributed by atoms with Crippen molar-refractivity contribution in [2.24, 2.45) is 17.8 Å². The number of halogens is 2. The van der Waals surface area contributed by atoms with Crippen molar-refractivity contribution in [3.05, 3.63) is 71.3 Å². The molecule has 0 radical (unpaired) electrons. The van der Waals surface area contributed by atoms with Gasteiger partial charge in [-0.3, -0.25) is 9.59 Å². The summed E-state index contributed by atoms with van der Waals surface area (Å²) in [5.41, 5.74) is 1.39. The fourth-order valence-corrected chi connectivity index (χ4v) is 6.92. The molecule has 1 aliphatic carbocycles. The van der Waals surface area contributed by atoms with Gasteiger partial charge in [0.25, 0.3) is 0 Å². The van der Waals surface area contributed by atoms with E-state index in [1.54, 1.807) is 4.90 Å². The highest BCUT2D eigenvalue weighted by atomic mass is 19.1. The Morgan fingerprint density at radius 1 is 1.12 bits per heavy atom. The van der Waals surface area contributed by atoms with Crippen LogP contribution in [0.15, 0.2) is 48.5 Å². The number of carbonyl (C=O) groups excluding carboxylic acids is 2. The second-order valence-electron chi connectivity index (χ2n) is 11.8. The molecule has 2 aromatic carbocycles. The Morgan fingerprint density at radius 3 is 2.51 bits per heavy atom. The van der Waals surface area contributed by atoms with Gasteiger partial charge >= 0.3 is 0 Å². The number of hydrogen-bond acceptors (Lipinski definition) is 5. The lowest BCUT2D eigenvalue weighted by atomic mass is 9.81. The fraction of sp³-hybridized carbons (Fsp3) is 0.562. The number of benzene rings is 2. The van der Waals surface area contributed by atoms with Crippen LogP contribution in [0.1, 0.15) is 50.2 Å². The molecule has 0 bridgehead atoms. The number of amides is 2. The van der Waals surface area contributed by atoms with Crippen LogP contribution in [0.4, 0.5) is 8.78 Å². The van der Waals surface area contributed by atoms with Gasteiger partial charge in [-0.1, -0.05) is 43.2 Å². The van der Waals surface area contributed by atoms with Gasteiger partial charge in [0, 0.05) is 31.7 Å². The predicted molar refractivity (Wildman–Crippen MR) is 151 cm³/mol. The Balaban J connectivity index is 1.30. The van der Waals surface area contributed by atoms with Crippen LogP contribution in [0.5, 0.6) is 0 Å². The zero-order chi connectivity index (χ0) is 28.9. The zero-order valence-electron chi connectivity index (χ0n) is 23.6. The van der Waals surface area contributed by atoms with Crippen molar-refractivity contribution in [1.82, 2.24) is 15.5 Å². The second kappa shape index (κ2) is 13.4. The maximum atomic E-state index is 14.1. The molecule has 6 atom stereocenters. The van der Waals surface area contributed by atoms with E-state index in [0.717, 1.165) is 37.3 Å². The second-order valence-corrected chi connectivity index (χ2v) is 11.8. The van der Waals surface area contributed by atoms with E-state index < -0.39 is 29.7 Å². The third-order valence-electron chi connectivity index (χ3n) is 9.06. The summed E-state index contributed by atoms with van der Waals surface area (Å²) >= 11 is 0. The minimum atomic E-state index is -1.04. The first-order valence-electron chi connectivity index (χ1n) is 14.9. The van der Waals surface area contributed by atoms with Gasteiger partial charge < -0.3 is 25.4 Å². The maximum absolute atomic E-state index is 14.1. The van der Waals surface area contributed by atoms with E-state index in [2.05, 4.69) is 10.6 Å². The van der Waals surface area contributed by atoms with Gasteiger partial charge in [0.15, 0.2) is 0 Å². The molecule has 2 aliphatic heterocycles. The van der Waals surface area contributed by atoms with Crippen molar-refractivity contribution in [1.29, 1.82) is 0 Å². The Bertz CT molecular complexity index is 1170. The van der Waals surface area contributed by atoms with Crippen molar-refractivity contribution < 1.29 is 28.2 Å². The van der Waals surface area contributed by atoms with Gasteiger partial charge in [0.1, 0.15) is 11.6 Å². The number of aliphatic hydroxyl groups excluding tert-OH is 1. The number of nitrogens with one attached hydrogen (secondary N) is 2. The number of likely N-dealkylation sites (tertiary alicyclic amines) is 1. The van der Waals surface area contributed by atoms with E-state index in [-0.39, 0.29) is 42.2 Å². The van der Waals surface area contributed by atoms with Crippen molar-refractivity contribution in [3.8, 4) is 0 Å². The van der Waals surface area contributed by atoms with Gasteiger partial charge in [0.2, 0.25) is 11.8 Å². The molecule has 6 unspecified atom stereocenters. The third kappa shape index (κ3) is 7.13. The molecular formula is C32H41F2N3O4. The summed E-state index contributed by atoms with van der Waals surface area (Å²) in [7, 11) is 0. The highest BCUT2D eigenvalue weighted by molar-refractivity contribution is 5.91. The molecule has 5 rings (SSSR count). The van der Waals surface area contributed by atoms with Gasteiger partial charge in [-0.05, 0) is 61.8 Å². The molecular weight excluding hydrogens is 528 g/mol. The Morgan fingerprint density at radius 2 is 1.83 bits per heavy atom. The predicted octanol–water partition coefficient (Wildman–Crippen LogP) is 3.59. The molecule has 2 aromatic rings. The van der Waals surface area contributed by atoms with Crippen LogP contribution in [0.3, 0.4) is 0 Å². The molecule has 0 aromatic heterocycles. The SMILES string of the molecule is CCN1CC(C(=O)NC(Cc2cc(F)cc(F)c2)C(O)C2CC(OCc3ccccc3)CN2)C(C2CCCC2)C1=O. The minimum absolute atomic E-state index is 0.0275. The Hall–Kier alpha value is -2.88. The first-order valence-corrected chi connectivity index (χ1v) is 14.9. The van der Waals surface area contributed by atoms with Gasteiger partial charge in [0.05, 0.1) is 36.7 Å². The summed E-state index contributed by atoms with van der Waals surface area (Å²) in [5, 5.41) is 17.9. The molecule has 9 heteroatoms. The van der Waals surface area contributed by atoms with Crippen LogP contribution in [0.2, 0.25) is 0 Å². The van der Waals surface area contributed by atoms with Gasteiger partial charge in [-0.15, -0.1) is 0 Å². The average molecular weight is 570 g/mol. The molecule has 3 N–H and O–H groups in total. The lowest BCUT2D eigenvalue weighted by Gasteiger charge is -2.31. The van der Waals surface area contributed by atoms with E-state index in [1.807, 2.05) is 37.3 Å². The maximum Gasteiger partial charge on any atom is 0.226 e. The third-order valence-corrected chi connectivity index (χ3v) is 9.06. The highest BCUT2D eigenvalue weighted by Crippen LogP contribution is 2.40. The molecule has 3 fully saturated rings. The van der Waals surface area contributed by atoms with E-state index in [0.29, 0.717) is 38.2 Å². The smallest absolute Gasteiger partial charge is 0.226 e. The summed E-state index contributed by atoms with van der Waals surface area (Å²) < 4.78 is 34.2. The van der Waals surface area contributed by atoms with Crippen LogP contribution in [-0.4, -0.2) is 65.7 Å². The number of ether oxygens (including phenoxy) is 1. The number of hydrogen-bond donors (Lipinski definition) is 3. The summed E-state index contributed by atoms with van der Waals surface area (Å²) in [6.45, 7) is 3.78. The zero-order valence-corrected chi connectivity index (χ0v) is 23.6. The minimum Gasteiger partial charge on any atom is -0.389 e. The van der Waals surface area contributed by atoms with E-state index in [1.165, 1.54) is 12.1 Å². The summed E-state index contributed by atoms with van der Waals surface area (Å²) in [6.07, 6.45) is 3.38. The number of rotatable bonds is 11. The molecule has 222 valence electrons. The normalized spacial score (nSPS) is 26.4. The van der Waals surface area contributed by atoms with Crippen molar-refractivity contribution >= 4 is 11.8 Å². The molecule has 2 saturated heterocycles. The lowest BCUT2D eigenvalue weighted by molar-refractivity contribution is -0.135.